The van der Waals surface area contributed by atoms with Crippen LogP contribution >= 0.6 is 0 Å². The monoisotopic (exact) mass is 293 g/mol. The van der Waals surface area contributed by atoms with E-state index in [-0.39, 0.29) is 11.5 Å². The first-order valence-corrected chi connectivity index (χ1v) is 8.29. The van der Waals surface area contributed by atoms with Crippen LogP contribution in [-0.4, -0.2) is 29.5 Å². The fourth-order valence-electron chi connectivity index (χ4n) is 3.16. The molecule has 21 heavy (non-hydrogen) atoms. The summed E-state index contributed by atoms with van der Waals surface area (Å²) in [5.74, 6) is 0.551. The molecule has 120 valence electrons. The molecule has 1 saturated heterocycles. The van der Waals surface area contributed by atoms with Crippen LogP contribution in [0.3, 0.4) is 0 Å². The molecule has 0 saturated carbocycles. The lowest BCUT2D eigenvalue weighted by atomic mass is 9.83. The van der Waals surface area contributed by atoms with Gasteiger partial charge < -0.3 is 10.1 Å². The Morgan fingerprint density at radius 3 is 2.86 bits per heavy atom. The van der Waals surface area contributed by atoms with E-state index >= 15 is 0 Å². The van der Waals surface area contributed by atoms with E-state index in [1.807, 2.05) is 11.7 Å². The van der Waals surface area contributed by atoms with Crippen molar-refractivity contribution >= 4 is 0 Å². The molecule has 1 aromatic heterocycles. The molecule has 1 aromatic rings. The Balaban J connectivity index is 2.21. The van der Waals surface area contributed by atoms with Crippen molar-refractivity contribution in [1.29, 1.82) is 0 Å². The molecule has 4 heteroatoms. The summed E-state index contributed by atoms with van der Waals surface area (Å²) in [5, 5.41) is 8.27. The number of aromatic nitrogens is 2. The van der Waals surface area contributed by atoms with Gasteiger partial charge in [0.15, 0.2) is 0 Å². The van der Waals surface area contributed by atoms with E-state index in [4.69, 9.17) is 9.84 Å². The number of aryl methyl sites for hydroxylation is 1. The first-order valence-electron chi connectivity index (χ1n) is 8.29. The number of nitrogens with zero attached hydrogens (tertiary/aromatic N) is 2. The van der Waals surface area contributed by atoms with Gasteiger partial charge in [-0.05, 0) is 25.8 Å². The van der Waals surface area contributed by atoms with Crippen LogP contribution in [0.25, 0.3) is 0 Å². The van der Waals surface area contributed by atoms with Gasteiger partial charge in [-0.15, -0.1) is 0 Å². The summed E-state index contributed by atoms with van der Waals surface area (Å²) in [5.41, 5.74) is 2.52. The molecule has 0 aliphatic carbocycles. The van der Waals surface area contributed by atoms with Crippen LogP contribution in [0.5, 0.6) is 0 Å². The molecule has 2 heterocycles. The van der Waals surface area contributed by atoms with Gasteiger partial charge in [-0.25, -0.2) is 0 Å². The van der Waals surface area contributed by atoms with Crippen LogP contribution < -0.4 is 5.32 Å². The maximum atomic E-state index is 6.16. The summed E-state index contributed by atoms with van der Waals surface area (Å²) >= 11 is 0. The molecule has 0 spiro atoms. The second-order valence-electron chi connectivity index (χ2n) is 7.25. The molecule has 0 radical (unpaired) electrons. The van der Waals surface area contributed by atoms with Crippen molar-refractivity contribution in [3.8, 4) is 0 Å². The third-order valence-corrected chi connectivity index (χ3v) is 4.15. The maximum Gasteiger partial charge on any atom is 0.0898 e. The lowest BCUT2D eigenvalue weighted by molar-refractivity contribution is -0.0286. The van der Waals surface area contributed by atoms with Gasteiger partial charge in [0.05, 0.1) is 11.8 Å². The first-order chi connectivity index (χ1) is 9.93. The molecule has 1 N–H and O–H groups in total. The summed E-state index contributed by atoms with van der Waals surface area (Å²) in [6.45, 7) is 11.9. The van der Waals surface area contributed by atoms with Crippen molar-refractivity contribution < 1.29 is 4.74 Å². The summed E-state index contributed by atoms with van der Waals surface area (Å²) in [7, 11) is 2.01. The van der Waals surface area contributed by atoms with Gasteiger partial charge in [0.25, 0.3) is 0 Å². The highest BCUT2D eigenvalue weighted by atomic mass is 16.5. The Labute approximate surface area is 129 Å². The molecule has 1 fully saturated rings. The highest BCUT2D eigenvalue weighted by Crippen LogP contribution is 2.38. The predicted molar refractivity (Wildman–Crippen MR) is 86.5 cm³/mol. The lowest BCUT2D eigenvalue weighted by Gasteiger charge is -2.33. The predicted octanol–water partition coefficient (Wildman–Crippen LogP) is 3.18. The van der Waals surface area contributed by atoms with Gasteiger partial charge in [-0.3, -0.25) is 4.68 Å². The third-order valence-electron chi connectivity index (χ3n) is 4.15. The summed E-state index contributed by atoms with van der Waals surface area (Å²) in [4.78, 5) is 0. The van der Waals surface area contributed by atoms with Crippen LogP contribution in [0, 0.1) is 5.92 Å². The summed E-state index contributed by atoms with van der Waals surface area (Å²) < 4.78 is 8.10. The zero-order chi connectivity index (χ0) is 15.5. The van der Waals surface area contributed by atoms with Crippen molar-refractivity contribution in [2.75, 3.05) is 19.7 Å². The van der Waals surface area contributed by atoms with Crippen molar-refractivity contribution in [2.45, 2.75) is 58.5 Å². The Morgan fingerprint density at radius 2 is 2.19 bits per heavy atom. The van der Waals surface area contributed by atoms with Gasteiger partial charge in [0, 0.05) is 43.3 Å². The van der Waals surface area contributed by atoms with E-state index in [0.29, 0.717) is 5.92 Å². The zero-order valence-electron chi connectivity index (χ0n) is 14.3. The number of ether oxygens (including phenoxy) is 1. The zero-order valence-corrected chi connectivity index (χ0v) is 14.3. The Morgan fingerprint density at radius 1 is 1.43 bits per heavy atom. The van der Waals surface area contributed by atoms with E-state index in [0.717, 1.165) is 19.7 Å². The largest absolute Gasteiger partial charge is 0.373 e. The molecular formula is C17H31N3O. The van der Waals surface area contributed by atoms with Crippen molar-refractivity contribution in [1.82, 2.24) is 15.1 Å². The van der Waals surface area contributed by atoms with Crippen LogP contribution in [-0.2, 0) is 17.2 Å². The van der Waals surface area contributed by atoms with Crippen molar-refractivity contribution in [3.63, 3.8) is 0 Å². The normalized spacial score (nSPS) is 23.5. The average Bonchev–Trinajstić information content (AvgIpc) is 2.82. The molecule has 4 nitrogen and oxygen atoms in total. The van der Waals surface area contributed by atoms with Gasteiger partial charge in [0.1, 0.15) is 0 Å². The second-order valence-corrected chi connectivity index (χ2v) is 7.25. The van der Waals surface area contributed by atoms with Gasteiger partial charge in [-0.2, -0.15) is 5.10 Å². The van der Waals surface area contributed by atoms with Crippen LogP contribution in [0.2, 0.25) is 0 Å². The van der Waals surface area contributed by atoms with Crippen LogP contribution in [0.1, 0.15) is 64.3 Å². The van der Waals surface area contributed by atoms with Gasteiger partial charge in [0.2, 0.25) is 0 Å². The standard InChI is InChI=1S/C17H31N3O/c1-6-9-18-11-13-8-7-10-21-15(13)14-12-20(5)19-16(14)17(2,3)4/h12-13,15,18H,6-11H2,1-5H3. The van der Waals surface area contributed by atoms with E-state index < -0.39 is 0 Å². The van der Waals surface area contributed by atoms with Crippen LogP contribution in [0.4, 0.5) is 0 Å². The fourth-order valence-corrected chi connectivity index (χ4v) is 3.16. The first kappa shape index (κ1) is 16.5. The number of rotatable bonds is 5. The summed E-state index contributed by atoms with van der Waals surface area (Å²) in [6, 6.07) is 0. The third kappa shape index (κ3) is 4.07. The average molecular weight is 293 g/mol. The molecule has 0 bridgehead atoms. The molecule has 2 rings (SSSR count). The molecule has 1 aliphatic rings. The van der Waals surface area contributed by atoms with Crippen LogP contribution in [0.15, 0.2) is 6.20 Å². The smallest absolute Gasteiger partial charge is 0.0898 e. The lowest BCUT2D eigenvalue weighted by Crippen LogP contribution is -2.33. The quantitative estimate of drug-likeness (QED) is 0.848. The minimum absolute atomic E-state index is 0.0544. The number of hydrogen-bond donors (Lipinski definition) is 1. The minimum atomic E-state index is 0.0544. The van der Waals surface area contributed by atoms with E-state index in [9.17, 15) is 0 Å². The molecule has 0 amide bonds. The number of nitrogens with one attached hydrogen (secondary N) is 1. The fraction of sp³-hybridized carbons (Fsp3) is 0.824. The number of hydrogen-bond acceptors (Lipinski definition) is 3. The van der Waals surface area contributed by atoms with Crippen molar-refractivity contribution in [2.24, 2.45) is 13.0 Å². The highest BCUT2D eigenvalue weighted by molar-refractivity contribution is 5.27. The molecule has 2 atom stereocenters. The Hall–Kier alpha value is -0.870. The molecular weight excluding hydrogens is 262 g/mol. The molecule has 2 unspecified atom stereocenters. The highest BCUT2D eigenvalue weighted by Gasteiger charge is 2.33. The Kier molecular flexibility index (Phi) is 5.44. The van der Waals surface area contributed by atoms with E-state index in [1.54, 1.807) is 0 Å². The van der Waals surface area contributed by atoms with Crippen molar-refractivity contribution in [3.05, 3.63) is 17.5 Å². The maximum absolute atomic E-state index is 6.16. The van der Waals surface area contributed by atoms with E-state index in [1.165, 1.54) is 30.5 Å². The van der Waals surface area contributed by atoms with Gasteiger partial charge >= 0.3 is 0 Å². The topological polar surface area (TPSA) is 39.1 Å². The Bertz CT molecular complexity index is 447. The summed E-state index contributed by atoms with van der Waals surface area (Å²) in [6.07, 6.45) is 5.92. The molecule has 1 aliphatic heterocycles. The SMILES string of the molecule is CCCNCC1CCCOC1c1cn(C)nc1C(C)(C)C. The van der Waals surface area contributed by atoms with E-state index in [2.05, 4.69) is 39.2 Å². The molecule has 0 aromatic carbocycles. The van der Waals surface area contributed by atoms with Gasteiger partial charge in [-0.1, -0.05) is 27.7 Å². The minimum Gasteiger partial charge on any atom is -0.373 e. The second kappa shape index (κ2) is 6.93.